The van der Waals surface area contributed by atoms with Gasteiger partial charge in [-0.25, -0.2) is 0 Å². The fourth-order valence-corrected chi connectivity index (χ4v) is 3.19. The topological polar surface area (TPSA) is 49.7 Å². The van der Waals surface area contributed by atoms with E-state index in [4.69, 9.17) is 10.0 Å². The average molecular weight is 342 g/mol. The predicted octanol–water partition coefficient (Wildman–Crippen LogP) is 6.01. The van der Waals surface area contributed by atoms with Crippen LogP contribution in [0.4, 0.5) is 0 Å². The molecule has 0 aromatic carbocycles. The molecule has 0 atom stereocenters. The van der Waals surface area contributed by atoms with Gasteiger partial charge in [0, 0.05) is 6.61 Å². The molecule has 0 bridgehead atoms. The van der Waals surface area contributed by atoms with Gasteiger partial charge in [-0.3, -0.25) is 0 Å². The molecule has 3 nitrogen and oxygen atoms in total. The number of rotatable bonds is 20. The summed E-state index contributed by atoms with van der Waals surface area (Å²) in [7, 11) is -1.60. The highest BCUT2D eigenvalue weighted by Crippen LogP contribution is 2.14. The van der Waals surface area contributed by atoms with E-state index in [0.717, 1.165) is 12.8 Å². The zero-order valence-electron chi connectivity index (χ0n) is 16.3. The highest BCUT2D eigenvalue weighted by atomic mass is 16.6. The minimum Gasteiger partial charge on any atom is -0.402 e. The Kier molecular flexibility index (Phi) is 20.9. The van der Waals surface area contributed by atoms with Gasteiger partial charge in [0.25, 0.3) is 0 Å². The maximum Gasteiger partial charge on any atom is 0.633 e. The van der Waals surface area contributed by atoms with Crippen molar-refractivity contribution in [3.05, 3.63) is 0 Å². The molecule has 0 aliphatic heterocycles. The van der Waals surface area contributed by atoms with E-state index in [1.54, 1.807) is 0 Å². The molecular formula is C20H43BO3. The summed E-state index contributed by atoms with van der Waals surface area (Å²) in [5.74, 6) is 0. The Morgan fingerprint density at radius 1 is 0.500 bits per heavy atom. The van der Waals surface area contributed by atoms with Crippen molar-refractivity contribution in [3.63, 3.8) is 0 Å². The Hall–Kier alpha value is -0.0551. The lowest BCUT2D eigenvalue weighted by Crippen LogP contribution is -2.17. The smallest absolute Gasteiger partial charge is 0.402 e. The van der Waals surface area contributed by atoms with Gasteiger partial charge in [0.1, 0.15) is 0 Å². The third-order valence-corrected chi connectivity index (χ3v) is 4.76. The Morgan fingerprint density at radius 3 is 1.08 bits per heavy atom. The van der Waals surface area contributed by atoms with Crippen molar-refractivity contribution in [2.24, 2.45) is 0 Å². The van der Waals surface area contributed by atoms with E-state index in [1.807, 2.05) is 0 Å². The fourth-order valence-electron chi connectivity index (χ4n) is 3.19. The van der Waals surface area contributed by atoms with Crippen LogP contribution in [0.15, 0.2) is 0 Å². The van der Waals surface area contributed by atoms with Gasteiger partial charge in [0.05, 0.1) is 0 Å². The molecule has 2 N–H and O–H groups in total. The van der Waals surface area contributed by atoms with Gasteiger partial charge >= 0.3 is 7.32 Å². The van der Waals surface area contributed by atoms with Crippen molar-refractivity contribution in [2.75, 3.05) is 6.61 Å². The van der Waals surface area contributed by atoms with E-state index >= 15 is 0 Å². The molecule has 0 aromatic rings. The summed E-state index contributed by atoms with van der Waals surface area (Å²) in [5, 5.41) is 17.1. The second-order valence-electron chi connectivity index (χ2n) is 7.21. The molecule has 4 heteroatoms. The van der Waals surface area contributed by atoms with Crippen LogP contribution in [0.25, 0.3) is 0 Å². The summed E-state index contributed by atoms with van der Waals surface area (Å²) in [6.07, 6.45) is 24.5. The van der Waals surface area contributed by atoms with Gasteiger partial charge < -0.3 is 14.7 Å². The largest absolute Gasteiger partial charge is 0.633 e. The first-order valence-corrected chi connectivity index (χ1v) is 10.7. The maximum atomic E-state index is 8.53. The molecule has 0 saturated carbocycles. The Bertz CT molecular complexity index is 225. The van der Waals surface area contributed by atoms with Crippen LogP contribution in [0.5, 0.6) is 0 Å². The second-order valence-corrected chi connectivity index (χ2v) is 7.21. The molecule has 144 valence electrons. The lowest BCUT2D eigenvalue weighted by molar-refractivity contribution is 0.182. The van der Waals surface area contributed by atoms with Gasteiger partial charge in [-0.2, -0.15) is 0 Å². The Balaban J connectivity index is 2.95. The van der Waals surface area contributed by atoms with E-state index in [-0.39, 0.29) is 0 Å². The van der Waals surface area contributed by atoms with Crippen molar-refractivity contribution in [1.29, 1.82) is 0 Å². The molecule has 0 radical (unpaired) electrons. The van der Waals surface area contributed by atoms with Crippen LogP contribution in [0.3, 0.4) is 0 Å². The summed E-state index contributed by atoms with van der Waals surface area (Å²) in [6.45, 7) is 2.74. The number of hydrogen-bond acceptors (Lipinski definition) is 3. The standard InChI is InChI=1S/C20H43BO3/c1-2-3-4-5-6-7-8-9-10-11-12-13-14-15-16-17-18-19-20-24-21(22)23/h22-23H,2-20H2,1H3. The van der Waals surface area contributed by atoms with Gasteiger partial charge in [0.2, 0.25) is 0 Å². The molecule has 0 fully saturated rings. The first-order valence-electron chi connectivity index (χ1n) is 10.7. The van der Waals surface area contributed by atoms with E-state index in [0.29, 0.717) is 6.61 Å². The lowest BCUT2D eigenvalue weighted by atomic mass is 10.0. The normalized spacial score (nSPS) is 11.1. The molecule has 0 spiro atoms. The molecule has 0 amide bonds. The van der Waals surface area contributed by atoms with E-state index < -0.39 is 7.32 Å². The van der Waals surface area contributed by atoms with Crippen LogP contribution in [0.2, 0.25) is 0 Å². The number of hydrogen-bond donors (Lipinski definition) is 2. The van der Waals surface area contributed by atoms with Crippen molar-refractivity contribution in [1.82, 2.24) is 0 Å². The van der Waals surface area contributed by atoms with E-state index in [2.05, 4.69) is 11.6 Å². The minimum absolute atomic E-state index is 0.455. The minimum atomic E-state index is -1.60. The highest BCUT2D eigenvalue weighted by molar-refractivity contribution is 6.32. The van der Waals surface area contributed by atoms with Gasteiger partial charge in [-0.1, -0.05) is 116 Å². The van der Waals surface area contributed by atoms with Crippen LogP contribution in [-0.2, 0) is 4.65 Å². The van der Waals surface area contributed by atoms with Crippen LogP contribution < -0.4 is 0 Å². The summed E-state index contributed by atoms with van der Waals surface area (Å²) in [6, 6.07) is 0. The van der Waals surface area contributed by atoms with Crippen molar-refractivity contribution in [2.45, 2.75) is 122 Å². The zero-order valence-corrected chi connectivity index (χ0v) is 16.3. The van der Waals surface area contributed by atoms with Gasteiger partial charge in [-0.05, 0) is 6.42 Å². The molecule has 0 rings (SSSR count). The molecular weight excluding hydrogens is 299 g/mol. The van der Waals surface area contributed by atoms with Crippen molar-refractivity contribution >= 4 is 7.32 Å². The Morgan fingerprint density at radius 2 is 0.792 bits per heavy atom. The van der Waals surface area contributed by atoms with Crippen molar-refractivity contribution < 1.29 is 14.7 Å². The third-order valence-electron chi connectivity index (χ3n) is 4.76. The summed E-state index contributed by atoms with van der Waals surface area (Å²) >= 11 is 0. The second kappa shape index (κ2) is 21.0. The van der Waals surface area contributed by atoms with Gasteiger partial charge in [-0.15, -0.1) is 0 Å². The monoisotopic (exact) mass is 342 g/mol. The average Bonchev–Trinajstić information content (AvgIpc) is 2.56. The third kappa shape index (κ3) is 21.9. The van der Waals surface area contributed by atoms with Crippen LogP contribution in [0.1, 0.15) is 122 Å². The number of unbranched alkanes of at least 4 members (excludes halogenated alkanes) is 17. The van der Waals surface area contributed by atoms with Crippen LogP contribution in [0, 0.1) is 0 Å². The molecule has 0 aliphatic carbocycles. The van der Waals surface area contributed by atoms with E-state index in [1.165, 1.54) is 103 Å². The molecule has 24 heavy (non-hydrogen) atoms. The van der Waals surface area contributed by atoms with Gasteiger partial charge in [0.15, 0.2) is 0 Å². The van der Waals surface area contributed by atoms with Crippen LogP contribution in [-0.4, -0.2) is 24.0 Å². The summed E-state index contributed by atoms with van der Waals surface area (Å²) in [5.41, 5.74) is 0. The molecule has 0 heterocycles. The predicted molar refractivity (Wildman–Crippen MR) is 105 cm³/mol. The first kappa shape index (κ1) is 23.9. The zero-order chi connectivity index (χ0) is 17.7. The quantitative estimate of drug-likeness (QED) is 0.210. The SMILES string of the molecule is CCCCCCCCCCCCCCCCCCCCOB(O)O. The molecule has 0 aromatic heterocycles. The maximum absolute atomic E-state index is 8.53. The van der Waals surface area contributed by atoms with E-state index in [9.17, 15) is 0 Å². The lowest BCUT2D eigenvalue weighted by Gasteiger charge is -2.04. The molecule has 0 unspecified atom stereocenters. The highest BCUT2D eigenvalue weighted by Gasteiger charge is 2.06. The Labute approximate surface area is 151 Å². The first-order chi connectivity index (χ1) is 11.8. The van der Waals surface area contributed by atoms with Crippen molar-refractivity contribution in [3.8, 4) is 0 Å². The fraction of sp³-hybridized carbons (Fsp3) is 1.00. The molecule has 0 aliphatic rings. The molecule has 0 saturated heterocycles. The van der Waals surface area contributed by atoms with Crippen LogP contribution >= 0.6 is 0 Å². The summed E-state index contributed by atoms with van der Waals surface area (Å²) < 4.78 is 4.68. The summed E-state index contributed by atoms with van der Waals surface area (Å²) in [4.78, 5) is 0.